The number of β-amino-alcohol motifs (C(OH)–C–C–N with tert-alkyl or cyclic N) is 1. The van der Waals surface area contributed by atoms with Crippen molar-refractivity contribution in [2.45, 2.75) is 24.7 Å². The third kappa shape index (κ3) is 3.78. The molecule has 1 heterocycles. The molecule has 3 N–H and O–H groups in total. The van der Waals surface area contributed by atoms with Gasteiger partial charge in [-0.2, -0.15) is 13.2 Å². The van der Waals surface area contributed by atoms with Crippen LogP contribution in [0, 0.1) is 0 Å². The number of benzene rings is 3. The summed E-state index contributed by atoms with van der Waals surface area (Å²) >= 11 is 0. The zero-order valence-electron chi connectivity index (χ0n) is 16.3. The van der Waals surface area contributed by atoms with E-state index in [0.717, 1.165) is 28.5 Å². The van der Waals surface area contributed by atoms with Crippen LogP contribution in [-0.4, -0.2) is 35.7 Å². The van der Waals surface area contributed by atoms with Crippen LogP contribution in [0.25, 0.3) is 21.9 Å². The predicted octanol–water partition coefficient (Wildman–Crippen LogP) is 3.98. The highest BCUT2D eigenvalue weighted by atomic mass is 19.4. The van der Waals surface area contributed by atoms with E-state index in [9.17, 15) is 23.1 Å². The van der Waals surface area contributed by atoms with E-state index >= 15 is 0 Å². The van der Waals surface area contributed by atoms with Crippen molar-refractivity contribution in [3.8, 4) is 11.1 Å². The maximum Gasteiger partial charge on any atom is 0.416 e. The van der Waals surface area contributed by atoms with Crippen LogP contribution in [0.1, 0.15) is 22.8 Å². The third-order valence-corrected chi connectivity index (χ3v) is 5.68. The number of carbonyl (C=O) groups excluding carboxylic acids is 1. The Hall–Kier alpha value is -2.90. The lowest BCUT2D eigenvalue weighted by molar-refractivity contribution is -0.137. The lowest BCUT2D eigenvalue weighted by atomic mass is 9.89. The molecule has 4 rings (SSSR count). The Morgan fingerprint density at radius 3 is 2.40 bits per heavy atom. The predicted molar refractivity (Wildman–Crippen MR) is 109 cm³/mol. The second kappa shape index (κ2) is 7.41. The molecule has 7 heteroatoms. The summed E-state index contributed by atoms with van der Waals surface area (Å²) in [7, 11) is 0. The van der Waals surface area contributed by atoms with Crippen LogP contribution in [0.4, 0.5) is 13.2 Å². The van der Waals surface area contributed by atoms with Crippen molar-refractivity contribution in [2.75, 3.05) is 13.1 Å². The number of halogens is 3. The lowest BCUT2D eigenvalue weighted by Gasteiger charge is -2.42. The number of carbonyl (C=O) groups is 1. The first-order chi connectivity index (χ1) is 14.2. The molecule has 3 aromatic rings. The van der Waals surface area contributed by atoms with Gasteiger partial charge in [0.2, 0.25) is 0 Å². The first-order valence-electron chi connectivity index (χ1n) is 9.62. The molecule has 1 aliphatic heterocycles. The molecule has 0 aromatic heterocycles. The Morgan fingerprint density at radius 2 is 1.80 bits per heavy atom. The van der Waals surface area contributed by atoms with Gasteiger partial charge in [-0.05, 0) is 53.1 Å². The fraction of sp³-hybridized carbons (Fsp3) is 0.261. The van der Waals surface area contributed by atoms with Crippen molar-refractivity contribution in [1.29, 1.82) is 0 Å². The molecular weight excluding hydrogens is 393 g/mol. The second-order valence-corrected chi connectivity index (χ2v) is 7.72. The molecule has 30 heavy (non-hydrogen) atoms. The molecule has 3 aromatic carbocycles. The molecule has 0 unspecified atom stereocenters. The van der Waals surface area contributed by atoms with Crippen molar-refractivity contribution in [2.24, 2.45) is 0 Å². The van der Waals surface area contributed by atoms with Gasteiger partial charge in [-0.15, -0.1) is 0 Å². The molecule has 0 aliphatic carbocycles. The molecule has 0 radical (unpaired) electrons. The Morgan fingerprint density at radius 1 is 1.10 bits per heavy atom. The van der Waals surface area contributed by atoms with Gasteiger partial charge in [0, 0.05) is 18.7 Å². The quantitative estimate of drug-likeness (QED) is 0.605. The van der Waals surface area contributed by atoms with Gasteiger partial charge in [0.1, 0.15) is 5.60 Å². The van der Waals surface area contributed by atoms with Gasteiger partial charge in [-0.25, -0.2) is 0 Å². The molecule has 1 saturated heterocycles. The molecule has 0 saturated carbocycles. The molecular formula is C23H21F3N2O2. The van der Waals surface area contributed by atoms with E-state index in [1.807, 2.05) is 18.2 Å². The Bertz CT molecular complexity index is 1090. The van der Waals surface area contributed by atoms with Crippen LogP contribution in [0.2, 0.25) is 0 Å². The maximum absolute atomic E-state index is 12.8. The van der Waals surface area contributed by atoms with E-state index in [-0.39, 0.29) is 5.91 Å². The Balaban J connectivity index is 1.61. The zero-order chi connectivity index (χ0) is 21.5. The fourth-order valence-electron chi connectivity index (χ4n) is 3.62. The Labute approximate surface area is 171 Å². The summed E-state index contributed by atoms with van der Waals surface area (Å²) in [6.45, 7) is 2.63. The van der Waals surface area contributed by atoms with Gasteiger partial charge in [0.25, 0.3) is 5.91 Å². The highest BCUT2D eigenvalue weighted by Crippen LogP contribution is 2.33. The molecule has 1 atom stereocenters. The first-order valence-corrected chi connectivity index (χ1v) is 9.62. The van der Waals surface area contributed by atoms with E-state index in [4.69, 9.17) is 0 Å². The largest absolute Gasteiger partial charge is 0.416 e. The number of fused-ring (bicyclic) bond motifs is 1. The van der Waals surface area contributed by atoms with Gasteiger partial charge in [-0.1, -0.05) is 36.4 Å². The SMILES string of the molecule is C[C@H](NC(=O)c1ccc2c(-c3ccc(C(F)(F)F)cc3)cccc2c1)C1(O)CNC1. The third-order valence-electron chi connectivity index (χ3n) is 5.68. The minimum absolute atomic E-state index is 0.287. The Kier molecular flexibility index (Phi) is 5.03. The van der Waals surface area contributed by atoms with Gasteiger partial charge >= 0.3 is 6.18 Å². The van der Waals surface area contributed by atoms with Crippen LogP contribution >= 0.6 is 0 Å². The number of aliphatic hydroxyl groups is 1. The number of rotatable bonds is 4. The van der Waals surface area contributed by atoms with Gasteiger partial charge in [0.05, 0.1) is 11.6 Å². The second-order valence-electron chi connectivity index (χ2n) is 7.72. The van der Waals surface area contributed by atoms with Crippen molar-refractivity contribution in [3.63, 3.8) is 0 Å². The van der Waals surface area contributed by atoms with Gasteiger partial charge < -0.3 is 15.7 Å². The summed E-state index contributed by atoms with van der Waals surface area (Å²) in [6.07, 6.45) is -4.38. The number of amides is 1. The number of hydrogen-bond acceptors (Lipinski definition) is 3. The fourth-order valence-corrected chi connectivity index (χ4v) is 3.62. The van der Waals surface area contributed by atoms with Crippen LogP contribution < -0.4 is 10.6 Å². The smallest absolute Gasteiger partial charge is 0.385 e. The summed E-state index contributed by atoms with van der Waals surface area (Å²) in [5.74, 6) is -0.287. The minimum Gasteiger partial charge on any atom is -0.385 e. The van der Waals surface area contributed by atoms with Crippen LogP contribution in [-0.2, 0) is 6.18 Å². The normalized spacial score (nSPS) is 16.7. The topological polar surface area (TPSA) is 61.4 Å². The van der Waals surface area contributed by atoms with E-state index in [1.165, 1.54) is 12.1 Å². The number of nitrogens with one attached hydrogen (secondary N) is 2. The molecule has 4 nitrogen and oxygen atoms in total. The van der Waals surface area contributed by atoms with E-state index in [1.54, 1.807) is 25.1 Å². The highest BCUT2D eigenvalue weighted by Gasteiger charge is 2.40. The molecule has 0 bridgehead atoms. The van der Waals surface area contributed by atoms with Gasteiger partial charge in [0.15, 0.2) is 0 Å². The van der Waals surface area contributed by atoms with Crippen LogP contribution in [0.15, 0.2) is 60.7 Å². The van der Waals surface area contributed by atoms with Crippen molar-refractivity contribution in [1.82, 2.24) is 10.6 Å². The van der Waals surface area contributed by atoms with Crippen LogP contribution in [0.3, 0.4) is 0 Å². The zero-order valence-corrected chi connectivity index (χ0v) is 16.3. The standard InChI is InChI=1S/C23H21F3N2O2/c1-14(22(30)12-27-13-22)28-21(29)17-7-10-20-16(11-17)3-2-4-19(20)15-5-8-18(9-6-15)23(24,25)26/h2-11,14,27,30H,12-13H2,1H3,(H,28,29)/t14-/m0/s1. The van der Waals surface area contributed by atoms with Crippen molar-refractivity contribution in [3.05, 3.63) is 71.8 Å². The monoisotopic (exact) mass is 414 g/mol. The van der Waals surface area contributed by atoms with E-state index < -0.39 is 23.4 Å². The van der Waals surface area contributed by atoms with Crippen LogP contribution in [0.5, 0.6) is 0 Å². The van der Waals surface area contributed by atoms with Crippen molar-refractivity contribution >= 4 is 16.7 Å². The average molecular weight is 414 g/mol. The average Bonchev–Trinajstić information content (AvgIpc) is 2.70. The summed E-state index contributed by atoms with van der Waals surface area (Å²) < 4.78 is 38.5. The molecule has 0 spiro atoms. The molecule has 156 valence electrons. The summed E-state index contributed by atoms with van der Waals surface area (Å²) in [5.41, 5.74) is 0.274. The molecule has 1 fully saturated rings. The number of hydrogen-bond donors (Lipinski definition) is 3. The lowest BCUT2D eigenvalue weighted by Crippen LogP contribution is -2.68. The molecule has 1 aliphatic rings. The maximum atomic E-state index is 12.8. The van der Waals surface area contributed by atoms with E-state index in [0.29, 0.717) is 24.2 Å². The molecule has 1 amide bonds. The van der Waals surface area contributed by atoms with Gasteiger partial charge in [-0.3, -0.25) is 4.79 Å². The number of alkyl halides is 3. The van der Waals surface area contributed by atoms with E-state index in [2.05, 4.69) is 10.6 Å². The summed E-state index contributed by atoms with van der Waals surface area (Å²) in [5, 5.41) is 17.8. The first kappa shape index (κ1) is 20.4. The summed E-state index contributed by atoms with van der Waals surface area (Å²) in [4.78, 5) is 12.6. The van der Waals surface area contributed by atoms with Crippen molar-refractivity contribution < 1.29 is 23.1 Å². The minimum atomic E-state index is -4.38. The highest BCUT2D eigenvalue weighted by molar-refractivity contribution is 6.02. The summed E-state index contributed by atoms with van der Waals surface area (Å²) in [6, 6.07) is 15.4.